The first-order valence-corrected chi connectivity index (χ1v) is 6.79. The molecule has 1 aromatic heterocycles. The molecule has 1 amide bonds. The van der Waals surface area contributed by atoms with Crippen molar-refractivity contribution in [1.82, 2.24) is 15.3 Å². The Balaban J connectivity index is 1.96. The van der Waals surface area contributed by atoms with E-state index >= 15 is 0 Å². The normalized spacial score (nSPS) is 19.3. The predicted octanol–water partition coefficient (Wildman–Crippen LogP) is 0.421. The van der Waals surface area contributed by atoms with Crippen LogP contribution in [0.3, 0.4) is 0 Å². The molecule has 2 heterocycles. The number of carbonyl (C=O) groups excluding carboxylic acids is 1. The van der Waals surface area contributed by atoms with Gasteiger partial charge in [-0.1, -0.05) is 11.6 Å². The Morgan fingerprint density at radius 3 is 2.95 bits per heavy atom. The molecule has 7 heteroatoms. The number of nitrogens with two attached hydrogens (primary N) is 1. The maximum absolute atomic E-state index is 11.9. The van der Waals surface area contributed by atoms with Crippen molar-refractivity contribution in [2.75, 3.05) is 31.1 Å². The van der Waals surface area contributed by atoms with E-state index in [1.807, 2.05) is 4.90 Å². The number of rotatable bonds is 4. The lowest BCUT2D eigenvalue weighted by Gasteiger charge is -2.31. The maximum atomic E-state index is 11.9. The van der Waals surface area contributed by atoms with E-state index in [1.165, 1.54) is 0 Å². The van der Waals surface area contributed by atoms with Crippen LogP contribution < -0.4 is 16.0 Å². The van der Waals surface area contributed by atoms with Crippen molar-refractivity contribution in [3.8, 4) is 0 Å². The molecule has 2 rings (SSSR count). The third-order valence-electron chi connectivity index (χ3n) is 3.13. The molecule has 0 spiro atoms. The van der Waals surface area contributed by atoms with Crippen molar-refractivity contribution in [1.29, 1.82) is 0 Å². The highest BCUT2D eigenvalue weighted by atomic mass is 35.5. The van der Waals surface area contributed by atoms with E-state index in [4.69, 9.17) is 17.3 Å². The van der Waals surface area contributed by atoms with Gasteiger partial charge in [-0.25, -0.2) is 9.97 Å². The van der Waals surface area contributed by atoms with Gasteiger partial charge in [0.1, 0.15) is 0 Å². The maximum Gasteiger partial charge on any atom is 0.225 e. The van der Waals surface area contributed by atoms with Crippen LogP contribution in [0.2, 0.25) is 5.02 Å². The number of aromatic nitrogens is 2. The molecule has 0 radical (unpaired) electrons. The van der Waals surface area contributed by atoms with Crippen LogP contribution in [0, 0.1) is 5.92 Å². The lowest BCUT2D eigenvalue weighted by atomic mass is 9.97. The van der Waals surface area contributed by atoms with Gasteiger partial charge in [-0.05, 0) is 12.8 Å². The quantitative estimate of drug-likeness (QED) is 0.837. The zero-order chi connectivity index (χ0) is 13.7. The fourth-order valence-electron chi connectivity index (χ4n) is 2.18. The molecule has 104 valence electrons. The minimum atomic E-state index is -0.0282. The van der Waals surface area contributed by atoms with Gasteiger partial charge in [-0.2, -0.15) is 0 Å². The van der Waals surface area contributed by atoms with E-state index in [0.717, 1.165) is 19.4 Å². The average Bonchev–Trinajstić information content (AvgIpc) is 2.45. The third kappa shape index (κ3) is 3.78. The zero-order valence-corrected chi connectivity index (χ0v) is 11.4. The highest BCUT2D eigenvalue weighted by molar-refractivity contribution is 6.30. The van der Waals surface area contributed by atoms with Gasteiger partial charge in [0.2, 0.25) is 11.9 Å². The summed E-state index contributed by atoms with van der Waals surface area (Å²) in [6.45, 7) is 2.48. The van der Waals surface area contributed by atoms with Gasteiger partial charge in [0.05, 0.1) is 23.3 Å². The standard InChI is InChI=1S/C12H18ClN5O/c13-10-6-16-12(17-7-10)18-5-1-2-9(8-18)11(19)15-4-3-14/h6-7,9H,1-5,8,14H2,(H,15,19). The van der Waals surface area contributed by atoms with Crippen molar-refractivity contribution in [3.63, 3.8) is 0 Å². The van der Waals surface area contributed by atoms with Crippen molar-refractivity contribution >= 4 is 23.5 Å². The number of amides is 1. The van der Waals surface area contributed by atoms with Gasteiger partial charge < -0.3 is 16.0 Å². The molecule has 0 aliphatic carbocycles. The van der Waals surface area contributed by atoms with Crippen LogP contribution in [0.4, 0.5) is 5.95 Å². The predicted molar refractivity (Wildman–Crippen MR) is 74.0 cm³/mol. The minimum Gasteiger partial charge on any atom is -0.355 e. The molecular formula is C12H18ClN5O. The minimum absolute atomic E-state index is 0.0282. The van der Waals surface area contributed by atoms with E-state index in [0.29, 0.717) is 30.6 Å². The van der Waals surface area contributed by atoms with Crippen molar-refractivity contribution < 1.29 is 4.79 Å². The van der Waals surface area contributed by atoms with Crippen LogP contribution in [-0.4, -0.2) is 42.1 Å². The highest BCUT2D eigenvalue weighted by Gasteiger charge is 2.26. The Morgan fingerprint density at radius 2 is 2.26 bits per heavy atom. The second kappa shape index (κ2) is 6.68. The fourth-order valence-corrected chi connectivity index (χ4v) is 2.28. The molecule has 1 atom stereocenters. The van der Waals surface area contributed by atoms with E-state index in [9.17, 15) is 4.79 Å². The molecule has 6 nitrogen and oxygen atoms in total. The monoisotopic (exact) mass is 283 g/mol. The van der Waals surface area contributed by atoms with E-state index in [-0.39, 0.29) is 11.8 Å². The first-order valence-electron chi connectivity index (χ1n) is 6.41. The molecule has 0 bridgehead atoms. The molecule has 1 aromatic rings. The largest absolute Gasteiger partial charge is 0.355 e. The van der Waals surface area contributed by atoms with Crippen molar-refractivity contribution in [2.24, 2.45) is 11.7 Å². The van der Waals surface area contributed by atoms with Crippen LogP contribution in [0.25, 0.3) is 0 Å². The summed E-state index contributed by atoms with van der Waals surface area (Å²) in [7, 11) is 0. The van der Waals surface area contributed by atoms with Gasteiger partial charge in [0.15, 0.2) is 0 Å². The van der Waals surface area contributed by atoms with Crippen molar-refractivity contribution in [3.05, 3.63) is 17.4 Å². The Kier molecular flexibility index (Phi) is 4.93. The molecule has 3 N–H and O–H groups in total. The summed E-state index contributed by atoms with van der Waals surface area (Å²) in [5.74, 6) is 0.657. The topological polar surface area (TPSA) is 84.1 Å². The number of nitrogens with zero attached hydrogens (tertiary/aromatic N) is 3. The van der Waals surface area contributed by atoms with Gasteiger partial charge in [-0.15, -0.1) is 0 Å². The third-order valence-corrected chi connectivity index (χ3v) is 3.32. The molecule has 1 saturated heterocycles. The molecule has 0 saturated carbocycles. The first kappa shape index (κ1) is 14.0. The summed E-state index contributed by atoms with van der Waals surface area (Å²) < 4.78 is 0. The Bertz CT molecular complexity index is 425. The summed E-state index contributed by atoms with van der Waals surface area (Å²) in [5.41, 5.74) is 5.38. The lowest BCUT2D eigenvalue weighted by molar-refractivity contribution is -0.125. The highest BCUT2D eigenvalue weighted by Crippen LogP contribution is 2.20. The van der Waals surface area contributed by atoms with Gasteiger partial charge in [0, 0.05) is 26.2 Å². The second-order valence-electron chi connectivity index (χ2n) is 4.57. The number of hydrogen-bond donors (Lipinski definition) is 2. The van der Waals surface area contributed by atoms with E-state index < -0.39 is 0 Å². The second-order valence-corrected chi connectivity index (χ2v) is 5.00. The Morgan fingerprint density at radius 1 is 1.53 bits per heavy atom. The smallest absolute Gasteiger partial charge is 0.225 e. The van der Waals surface area contributed by atoms with Gasteiger partial charge in [0.25, 0.3) is 0 Å². The number of anilines is 1. The summed E-state index contributed by atoms with van der Waals surface area (Å²) in [5, 5.41) is 3.34. The van der Waals surface area contributed by atoms with Crippen LogP contribution in [-0.2, 0) is 4.79 Å². The zero-order valence-electron chi connectivity index (χ0n) is 10.7. The average molecular weight is 284 g/mol. The number of halogens is 1. The van der Waals surface area contributed by atoms with E-state index in [2.05, 4.69) is 15.3 Å². The lowest BCUT2D eigenvalue weighted by Crippen LogP contribution is -2.44. The van der Waals surface area contributed by atoms with Crippen molar-refractivity contribution in [2.45, 2.75) is 12.8 Å². The van der Waals surface area contributed by atoms with Crippen LogP contribution in [0.15, 0.2) is 12.4 Å². The van der Waals surface area contributed by atoms with Crippen LogP contribution in [0.1, 0.15) is 12.8 Å². The van der Waals surface area contributed by atoms with Gasteiger partial charge in [-0.3, -0.25) is 4.79 Å². The molecule has 0 aromatic carbocycles. The summed E-state index contributed by atoms with van der Waals surface area (Å²) in [4.78, 5) is 22.3. The molecule has 1 unspecified atom stereocenters. The fraction of sp³-hybridized carbons (Fsp3) is 0.583. The Labute approximate surface area is 117 Å². The molecule has 1 aliphatic rings. The summed E-state index contributed by atoms with van der Waals surface area (Å²) >= 11 is 5.77. The summed E-state index contributed by atoms with van der Waals surface area (Å²) in [6.07, 6.45) is 4.98. The number of hydrogen-bond acceptors (Lipinski definition) is 5. The molecule has 1 fully saturated rings. The van der Waals surface area contributed by atoms with Crippen LogP contribution in [0.5, 0.6) is 0 Å². The summed E-state index contributed by atoms with van der Waals surface area (Å²) in [6, 6.07) is 0. The SMILES string of the molecule is NCCNC(=O)C1CCCN(c2ncc(Cl)cn2)C1. The van der Waals surface area contributed by atoms with E-state index in [1.54, 1.807) is 12.4 Å². The number of piperidine rings is 1. The molecule has 19 heavy (non-hydrogen) atoms. The number of carbonyl (C=O) groups is 1. The first-order chi connectivity index (χ1) is 9.20. The van der Waals surface area contributed by atoms with Crippen LogP contribution >= 0.6 is 11.6 Å². The molecular weight excluding hydrogens is 266 g/mol. The Hall–Kier alpha value is -1.40. The molecule has 1 aliphatic heterocycles. The van der Waals surface area contributed by atoms with Gasteiger partial charge >= 0.3 is 0 Å². The number of nitrogens with one attached hydrogen (secondary N) is 1.